The number of aromatic amines is 1. The number of thiazole rings is 1. The molecule has 0 unspecified atom stereocenters. The Labute approximate surface area is 213 Å². The third-order valence-electron chi connectivity index (χ3n) is 6.48. The van der Waals surface area contributed by atoms with Gasteiger partial charge in [-0.1, -0.05) is 48.1 Å². The van der Waals surface area contributed by atoms with Crippen molar-refractivity contribution in [3.8, 4) is 0 Å². The first-order chi connectivity index (χ1) is 17.7. The van der Waals surface area contributed by atoms with Gasteiger partial charge in [0.2, 0.25) is 0 Å². The molecule has 0 radical (unpaired) electrons. The van der Waals surface area contributed by atoms with Crippen LogP contribution in [-0.4, -0.2) is 21.0 Å². The molecule has 1 fully saturated rings. The van der Waals surface area contributed by atoms with Crippen LogP contribution in [0.2, 0.25) is 0 Å². The number of allylic oxidation sites excluding steroid dienone is 1. The molecule has 0 aliphatic heterocycles. The first kappa shape index (κ1) is 24.7. The molecule has 2 aromatic heterocycles. The summed E-state index contributed by atoms with van der Waals surface area (Å²) in [5, 5.41) is 8.92. The molecule has 2 aromatic carbocycles. The number of H-pyrrole nitrogens is 1. The van der Waals surface area contributed by atoms with Gasteiger partial charge in [-0.25, -0.2) is 4.79 Å². The average Bonchev–Trinajstić information content (AvgIpc) is 3.20. The topological polar surface area (TPSA) is 83.0 Å². The van der Waals surface area contributed by atoms with Gasteiger partial charge >= 0.3 is 17.0 Å². The summed E-state index contributed by atoms with van der Waals surface area (Å²) in [6.07, 6.45) is 1.65. The molecule has 0 amide bonds. The quantitative estimate of drug-likeness (QED) is 0.271. The number of aromatic nitrogens is 2. The summed E-state index contributed by atoms with van der Waals surface area (Å²) in [5.74, 6) is -1.19. The number of aliphatic carboxylic acids is 1. The molecule has 4 aromatic rings. The number of hydrogen-bond acceptors (Lipinski definition) is 4. The van der Waals surface area contributed by atoms with Gasteiger partial charge in [0.05, 0.1) is 21.5 Å². The maximum Gasteiger partial charge on any atom is 0.418 e. The number of pyridine rings is 1. The van der Waals surface area contributed by atoms with E-state index in [1.807, 2.05) is 6.07 Å². The smallest absolute Gasteiger partial charge is 0.418 e. The van der Waals surface area contributed by atoms with E-state index < -0.39 is 17.7 Å². The Balaban J connectivity index is 1.80. The third kappa shape index (κ3) is 5.13. The van der Waals surface area contributed by atoms with Crippen LogP contribution in [0.5, 0.6) is 0 Å². The van der Waals surface area contributed by atoms with E-state index in [1.54, 1.807) is 36.4 Å². The molecule has 1 saturated carbocycles. The highest BCUT2D eigenvalue weighted by molar-refractivity contribution is 7.16. The Morgan fingerprint density at radius 2 is 1.81 bits per heavy atom. The highest BCUT2D eigenvalue weighted by atomic mass is 32.1. The van der Waals surface area contributed by atoms with Crippen molar-refractivity contribution in [2.45, 2.75) is 25.4 Å². The normalized spacial score (nSPS) is 15.1. The standard InChI is InChI=1S/C28H21F3N2O3S/c29-28(30,31)20-5-2-14-32-26(20)25(17-3-1-4-17)24(18-9-6-16(7-10-18)8-13-23(34)35)19-11-12-22-21(15-19)33-27(36)37-22/h2,5-15,17H,1,3-4H2,(H,33,36)(H,34,35)/b13-8+,25-24+. The molecule has 2 heterocycles. The van der Waals surface area contributed by atoms with Crippen LogP contribution < -0.4 is 4.87 Å². The van der Waals surface area contributed by atoms with Gasteiger partial charge in [0.25, 0.3) is 0 Å². The molecule has 0 bridgehead atoms. The predicted octanol–water partition coefficient (Wildman–Crippen LogP) is 6.86. The molecule has 0 spiro atoms. The molecule has 5 rings (SSSR count). The minimum absolute atomic E-state index is 0.0940. The molecule has 1 aliphatic carbocycles. The van der Waals surface area contributed by atoms with Gasteiger partial charge in [-0.15, -0.1) is 0 Å². The minimum atomic E-state index is -4.59. The van der Waals surface area contributed by atoms with Gasteiger partial charge in [-0.2, -0.15) is 13.2 Å². The van der Waals surface area contributed by atoms with Crippen LogP contribution in [0.3, 0.4) is 0 Å². The van der Waals surface area contributed by atoms with Crippen LogP contribution in [-0.2, 0) is 11.0 Å². The van der Waals surface area contributed by atoms with Crippen LogP contribution in [0, 0.1) is 5.92 Å². The molecule has 1 aliphatic rings. The summed E-state index contributed by atoms with van der Waals surface area (Å²) in [6.45, 7) is 0. The molecule has 0 saturated heterocycles. The number of alkyl halides is 3. The predicted molar refractivity (Wildman–Crippen MR) is 138 cm³/mol. The first-order valence-electron chi connectivity index (χ1n) is 11.6. The number of carbonyl (C=O) groups is 1. The van der Waals surface area contributed by atoms with Gasteiger partial charge in [0.15, 0.2) is 0 Å². The van der Waals surface area contributed by atoms with Crippen molar-refractivity contribution in [1.82, 2.24) is 9.97 Å². The van der Waals surface area contributed by atoms with Crippen molar-refractivity contribution in [3.63, 3.8) is 0 Å². The number of carboxylic acids is 1. The lowest BCUT2D eigenvalue weighted by Crippen LogP contribution is -2.19. The van der Waals surface area contributed by atoms with Crippen molar-refractivity contribution < 1.29 is 23.1 Å². The number of nitrogens with zero attached hydrogens (tertiary/aromatic N) is 1. The molecule has 37 heavy (non-hydrogen) atoms. The fourth-order valence-electron chi connectivity index (χ4n) is 4.58. The second-order valence-corrected chi connectivity index (χ2v) is 9.85. The molecule has 5 nitrogen and oxygen atoms in total. The van der Waals surface area contributed by atoms with Gasteiger partial charge < -0.3 is 10.1 Å². The molecular formula is C28H21F3N2O3S. The number of benzene rings is 2. The van der Waals surface area contributed by atoms with Crippen molar-refractivity contribution in [2.24, 2.45) is 5.92 Å². The summed E-state index contributed by atoms with van der Waals surface area (Å²) in [6, 6.07) is 14.7. The maximum atomic E-state index is 14.1. The number of fused-ring (bicyclic) bond motifs is 1. The number of nitrogens with one attached hydrogen (secondary N) is 1. The van der Waals surface area contributed by atoms with Gasteiger partial charge in [-0.3, -0.25) is 9.78 Å². The molecule has 188 valence electrons. The lowest BCUT2D eigenvalue weighted by atomic mass is 9.73. The lowest BCUT2D eigenvalue weighted by Gasteiger charge is -2.32. The average molecular weight is 523 g/mol. The fraction of sp³-hybridized carbons (Fsp3) is 0.179. The zero-order valence-electron chi connectivity index (χ0n) is 19.4. The molecule has 9 heteroatoms. The second-order valence-electron chi connectivity index (χ2n) is 8.83. The van der Waals surface area contributed by atoms with Crippen LogP contribution in [0.25, 0.3) is 27.4 Å². The summed E-state index contributed by atoms with van der Waals surface area (Å²) < 4.78 is 43.1. The zero-order valence-corrected chi connectivity index (χ0v) is 20.2. The Kier molecular flexibility index (Phi) is 6.55. The Bertz CT molecular complexity index is 1590. The zero-order chi connectivity index (χ0) is 26.2. The number of halogens is 3. The van der Waals surface area contributed by atoms with E-state index >= 15 is 0 Å². The van der Waals surface area contributed by atoms with E-state index in [0.29, 0.717) is 33.4 Å². The van der Waals surface area contributed by atoms with Crippen molar-refractivity contribution in [3.05, 3.63) is 104 Å². The van der Waals surface area contributed by atoms with E-state index in [-0.39, 0.29) is 16.5 Å². The monoisotopic (exact) mass is 522 g/mol. The molecule has 0 atom stereocenters. The van der Waals surface area contributed by atoms with E-state index in [1.165, 1.54) is 18.3 Å². The molecule has 2 N–H and O–H groups in total. The summed E-state index contributed by atoms with van der Waals surface area (Å²) in [4.78, 5) is 29.7. The van der Waals surface area contributed by atoms with E-state index in [2.05, 4.69) is 9.97 Å². The summed E-state index contributed by atoms with van der Waals surface area (Å²) >= 11 is 1.07. The SMILES string of the molecule is O=C(O)/C=C/c1ccc(/C(=C(\c2ncccc2C(F)(F)F)C2CCC2)c2ccc3sc(=O)[nH]c3c2)cc1. The maximum absolute atomic E-state index is 14.1. The minimum Gasteiger partial charge on any atom is -0.478 e. The second kappa shape index (κ2) is 9.82. The number of rotatable bonds is 6. The number of carboxylic acid groups (broad SMARTS) is 1. The van der Waals surface area contributed by atoms with Gasteiger partial charge in [-0.05, 0) is 76.9 Å². The Morgan fingerprint density at radius 1 is 1.08 bits per heavy atom. The van der Waals surface area contributed by atoms with E-state index in [4.69, 9.17) is 5.11 Å². The van der Waals surface area contributed by atoms with Crippen molar-refractivity contribution in [2.75, 3.05) is 0 Å². The largest absolute Gasteiger partial charge is 0.478 e. The van der Waals surface area contributed by atoms with Crippen LogP contribution in [0.15, 0.2) is 71.7 Å². The van der Waals surface area contributed by atoms with Gasteiger partial charge in [0.1, 0.15) is 0 Å². The Hall–Kier alpha value is -3.98. The molecular weight excluding hydrogens is 501 g/mol. The Morgan fingerprint density at radius 3 is 2.46 bits per heavy atom. The van der Waals surface area contributed by atoms with Gasteiger partial charge in [0, 0.05) is 12.3 Å². The highest BCUT2D eigenvalue weighted by Gasteiger charge is 2.38. The van der Waals surface area contributed by atoms with Crippen molar-refractivity contribution in [1.29, 1.82) is 0 Å². The number of hydrogen-bond donors (Lipinski definition) is 2. The highest BCUT2D eigenvalue weighted by Crippen LogP contribution is 2.47. The van der Waals surface area contributed by atoms with Crippen LogP contribution in [0.1, 0.15) is 47.2 Å². The van der Waals surface area contributed by atoms with Crippen LogP contribution in [0.4, 0.5) is 13.2 Å². The van der Waals surface area contributed by atoms with E-state index in [0.717, 1.165) is 47.4 Å². The van der Waals surface area contributed by atoms with E-state index in [9.17, 15) is 22.8 Å². The summed E-state index contributed by atoms with van der Waals surface area (Å²) in [5.41, 5.74) is 2.82. The first-order valence-corrected chi connectivity index (χ1v) is 12.4. The van der Waals surface area contributed by atoms with Crippen molar-refractivity contribution >= 4 is 44.7 Å². The third-order valence-corrected chi connectivity index (χ3v) is 7.34. The lowest BCUT2D eigenvalue weighted by molar-refractivity contribution is -0.138. The fourth-order valence-corrected chi connectivity index (χ4v) is 5.29. The van der Waals surface area contributed by atoms with Crippen LogP contribution >= 0.6 is 11.3 Å². The summed E-state index contributed by atoms with van der Waals surface area (Å²) in [7, 11) is 0.